The minimum atomic E-state index is -1.46. The molecule has 26 heavy (non-hydrogen) atoms. The Labute approximate surface area is 145 Å². The average molecular weight is 374 g/mol. The van der Waals surface area contributed by atoms with Crippen molar-refractivity contribution < 1.29 is 37.4 Å². The van der Waals surface area contributed by atoms with Gasteiger partial charge in [-0.3, -0.25) is 9.63 Å². The molecule has 1 amide bonds. The van der Waals surface area contributed by atoms with Gasteiger partial charge in [-0.1, -0.05) is 0 Å². The van der Waals surface area contributed by atoms with E-state index in [9.17, 15) is 22.4 Å². The fraction of sp³-hybridized carbons (Fsp3) is 0.188. The molecule has 0 radical (unpaired) electrons. The zero-order chi connectivity index (χ0) is 19.3. The number of rotatable bonds is 7. The van der Waals surface area contributed by atoms with Gasteiger partial charge in [-0.05, 0) is 24.3 Å². The van der Waals surface area contributed by atoms with Gasteiger partial charge in [0.1, 0.15) is 24.3 Å². The third kappa shape index (κ3) is 4.69. The summed E-state index contributed by atoms with van der Waals surface area (Å²) in [5, 5.41) is 19.9. The fourth-order valence-electron chi connectivity index (χ4n) is 1.90. The number of nitrogens with one attached hydrogen (secondary N) is 2. The van der Waals surface area contributed by atoms with Crippen molar-refractivity contribution in [2.45, 2.75) is 6.10 Å². The van der Waals surface area contributed by atoms with E-state index in [-0.39, 0.29) is 5.69 Å². The summed E-state index contributed by atoms with van der Waals surface area (Å²) in [6.07, 6.45) is -1.26. The maximum Gasteiger partial charge on any atom is 0.277 e. The molecule has 0 bridgehead atoms. The second-order valence-electron chi connectivity index (χ2n) is 5.11. The molecule has 1 atom stereocenters. The molecule has 0 saturated carbocycles. The number of benzene rings is 2. The van der Waals surface area contributed by atoms with E-state index < -0.39 is 59.7 Å². The molecule has 0 heterocycles. The van der Waals surface area contributed by atoms with Gasteiger partial charge in [0.05, 0.1) is 23.5 Å². The number of amides is 1. The van der Waals surface area contributed by atoms with Crippen molar-refractivity contribution in [3.63, 3.8) is 0 Å². The van der Waals surface area contributed by atoms with Crippen LogP contribution >= 0.6 is 0 Å². The number of aliphatic hydroxyl groups excluding tert-OH is 2. The minimum absolute atomic E-state index is 0.387. The highest BCUT2D eigenvalue weighted by Gasteiger charge is 2.20. The lowest BCUT2D eigenvalue weighted by Gasteiger charge is -2.15. The first kappa shape index (κ1) is 19.6. The zero-order valence-electron chi connectivity index (χ0n) is 13.1. The van der Waals surface area contributed by atoms with Crippen molar-refractivity contribution in [1.29, 1.82) is 0 Å². The topological polar surface area (TPSA) is 90.8 Å². The van der Waals surface area contributed by atoms with E-state index in [2.05, 4.69) is 10.2 Å². The number of carbonyl (C=O) groups is 1. The first-order chi connectivity index (χ1) is 12.3. The summed E-state index contributed by atoms with van der Waals surface area (Å²) in [7, 11) is 0. The Hall–Kier alpha value is -2.69. The smallest absolute Gasteiger partial charge is 0.277 e. The SMILES string of the molecule is O=C(NOC[C@@H](O)CO)c1ccc(F)c(F)c1Nc1ccc(F)cc1F. The number of hydrogen-bond donors (Lipinski definition) is 4. The van der Waals surface area contributed by atoms with Gasteiger partial charge < -0.3 is 15.5 Å². The molecule has 0 aliphatic carbocycles. The maximum atomic E-state index is 14.1. The summed E-state index contributed by atoms with van der Waals surface area (Å²) in [5.74, 6) is -5.75. The lowest BCUT2D eigenvalue weighted by molar-refractivity contribution is -0.0295. The Morgan fingerprint density at radius 2 is 1.85 bits per heavy atom. The van der Waals surface area contributed by atoms with Crippen LogP contribution in [0.2, 0.25) is 0 Å². The van der Waals surface area contributed by atoms with Crippen molar-refractivity contribution >= 4 is 17.3 Å². The van der Waals surface area contributed by atoms with Crippen molar-refractivity contribution in [2.75, 3.05) is 18.5 Å². The van der Waals surface area contributed by atoms with Gasteiger partial charge in [-0.15, -0.1) is 0 Å². The monoisotopic (exact) mass is 374 g/mol. The average Bonchev–Trinajstić information content (AvgIpc) is 2.60. The summed E-state index contributed by atoms with van der Waals surface area (Å²) < 4.78 is 54.3. The van der Waals surface area contributed by atoms with Crippen LogP contribution in [0.25, 0.3) is 0 Å². The highest BCUT2D eigenvalue weighted by Crippen LogP contribution is 2.28. The molecular weight excluding hydrogens is 360 g/mol. The second kappa shape index (κ2) is 8.61. The molecule has 2 aromatic rings. The Bertz CT molecular complexity index is 804. The van der Waals surface area contributed by atoms with Gasteiger partial charge in [-0.2, -0.15) is 0 Å². The van der Waals surface area contributed by atoms with Crippen LogP contribution in [0, 0.1) is 23.3 Å². The number of carbonyl (C=O) groups excluding carboxylic acids is 1. The first-order valence-corrected chi connectivity index (χ1v) is 7.24. The van der Waals surface area contributed by atoms with E-state index in [0.29, 0.717) is 12.1 Å². The van der Waals surface area contributed by atoms with Gasteiger partial charge in [0, 0.05) is 6.07 Å². The normalized spacial score (nSPS) is 11.9. The minimum Gasteiger partial charge on any atom is -0.394 e. The van der Waals surface area contributed by atoms with E-state index in [4.69, 9.17) is 10.2 Å². The van der Waals surface area contributed by atoms with Crippen LogP contribution < -0.4 is 10.8 Å². The van der Waals surface area contributed by atoms with E-state index in [0.717, 1.165) is 18.2 Å². The molecular formula is C16H14F4N2O4. The lowest BCUT2D eigenvalue weighted by atomic mass is 10.1. The van der Waals surface area contributed by atoms with Crippen LogP contribution in [0.15, 0.2) is 30.3 Å². The Kier molecular flexibility index (Phi) is 6.50. The molecule has 6 nitrogen and oxygen atoms in total. The third-order valence-corrected chi connectivity index (χ3v) is 3.18. The van der Waals surface area contributed by atoms with Gasteiger partial charge in [0.2, 0.25) is 0 Å². The highest BCUT2D eigenvalue weighted by molar-refractivity contribution is 5.99. The van der Waals surface area contributed by atoms with Crippen LogP contribution in [-0.2, 0) is 4.84 Å². The predicted molar refractivity (Wildman–Crippen MR) is 82.5 cm³/mol. The summed E-state index contributed by atoms with van der Waals surface area (Å²) in [4.78, 5) is 16.7. The molecule has 140 valence electrons. The van der Waals surface area contributed by atoms with Gasteiger partial charge >= 0.3 is 0 Å². The molecule has 2 rings (SSSR count). The molecule has 0 saturated heterocycles. The lowest BCUT2D eigenvalue weighted by Crippen LogP contribution is -2.30. The van der Waals surface area contributed by atoms with Crippen molar-refractivity contribution in [3.05, 3.63) is 59.2 Å². The summed E-state index contributed by atoms with van der Waals surface area (Å²) in [5.41, 5.74) is 0.347. The zero-order valence-corrected chi connectivity index (χ0v) is 13.1. The highest BCUT2D eigenvalue weighted by atomic mass is 19.2. The van der Waals surface area contributed by atoms with Crippen LogP contribution in [-0.4, -0.2) is 35.4 Å². The quantitative estimate of drug-likeness (QED) is 0.440. The van der Waals surface area contributed by atoms with Gasteiger partial charge in [0.15, 0.2) is 11.6 Å². The van der Waals surface area contributed by atoms with Crippen LogP contribution in [0.4, 0.5) is 28.9 Å². The molecule has 0 fully saturated rings. The summed E-state index contributed by atoms with van der Waals surface area (Å²) in [6, 6.07) is 3.97. The number of halogens is 4. The Morgan fingerprint density at radius 1 is 1.12 bits per heavy atom. The summed E-state index contributed by atoms with van der Waals surface area (Å²) >= 11 is 0. The van der Waals surface area contributed by atoms with E-state index in [1.165, 1.54) is 0 Å². The summed E-state index contributed by atoms with van der Waals surface area (Å²) in [6.45, 7) is -1.07. The van der Waals surface area contributed by atoms with Crippen LogP contribution in [0.1, 0.15) is 10.4 Å². The molecule has 0 unspecified atom stereocenters. The van der Waals surface area contributed by atoms with E-state index in [1.54, 1.807) is 0 Å². The van der Waals surface area contributed by atoms with Crippen molar-refractivity contribution in [2.24, 2.45) is 0 Å². The molecule has 0 aliphatic rings. The molecule has 0 spiro atoms. The molecule has 2 aromatic carbocycles. The standard InChI is InChI=1S/C16H14F4N2O4/c17-8-1-4-13(12(19)5-8)21-15-10(2-3-11(18)14(15)20)16(25)22-26-7-9(24)6-23/h1-5,9,21,23-24H,6-7H2,(H,22,25)/t9-/m0/s1. The molecule has 0 aliphatic heterocycles. The Morgan fingerprint density at radius 3 is 2.50 bits per heavy atom. The van der Waals surface area contributed by atoms with Crippen molar-refractivity contribution in [3.8, 4) is 0 Å². The Balaban J connectivity index is 2.27. The van der Waals surface area contributed by atoms with Crippen molar-refractivity contribution in [1.82, 2.24) is 5.48 Å². The van der Waals surface area contributed by atoms with Gasteiger partial charge in [-0.25, -0.2) is 23.0 Å². The second-order valence-corrected chi connectivity index (χ2v) is 5.11. The molecule has 10 heteroatoms. The molecule has 4 N–H and O–H groups in total. The first-order valence-electron chi connectivity index (χ1n) is 7.24. The fourth-order valence-corrected chi connectivity index (χ4v) is 1.90. The van der Waals surface area contributed by atoms with Gasteiger partial charge in [0.25, 0.3) is 5.91 Å². The largest absolute Gasteiger partial charge is 0.394 e. The maximum absolute atomic E-state index is 14.1. The van der Waals surface area contributed by atoms with Crippen LogP contribution in [0.5, 0.6) is 0 Å². The van der Waals surface area contributed by atoms with E-state index >= 15 is 0 Å². The van der Waals surface area contributed by atoms with Crippen LogP contribution in [0.3, 0.4) is 0 Å². The number of hydrogen-bond acceptors (Lipinski definition) is 5. The predicted octanol–water partition coefficient (Wildman–Crippen LogP) is 2.00. The molecule has 0 aromatic heterocycles. The number of aliphatic hydroxyl groups is 2. The number of anilines is 2. The number of hydroxylamine groups is 1. The van der Waals surface area contributed by atoms with E-state index in [1.807, 2.05) is 5.48 Å². The third-order valence-electron chi connectivity index (χ3n) is 3.18.